The van der Waals surface area contributed by atoms with Gasteiger partial charge in [-0.25, -0.2) is 9.97 Å². The molecule has 2 fully saturated rings. The van der Waals surface area contributed by atoms with Crippen molar-refractivity contribution >= 4 is 61.9 Å². The summed E-state index contributed by atoms with van der Waals surface area (Å²) in [6.07, 6.45) is -0.837. The van der Waals surface area contributed by atoms with Gasteiger partial charge in [0.05, 0.1) is 23.2 Å². The van der Waals surface area contributed by atoms with Crippen LogP contribution in [-0.2, 0) is 4.74 Å². The third-order valence-electron chi connectivity index (χ3n) is 6.24. The van der Waals surface area contributed by atoms with E-state index >= 15 is 0 Å². The number of hydrogen-bond donors (Lipinski definition) is 4. The fraction of sp³-hybridized carbons (Fsp3) is 0.429. The van der Waals surface area contributed by atoms with Gasteiger partial charge >= 0.3 is 0 Å². The van der Waals surface area contributed by atoms with E-state index < -0.39 is 31.1 Å². The second-order valence-electron chi connectivity index (χ2n) is 8.33. The molecule has 4 heterocycles. The molecule has 6 rings (SSSR count). The molecule has 0 amide bonds. The number of nitrogens with zero attached hydrogens (tertiary/aromatic N) is 5. The van der Waals surface area contributed by atoms with E-state index in [2.05, 4.69) is 26.3 Å². The van der Waals surface area contributed by atoms with Gasteiger partial charge in [-0.3, -0.25) is 4.57 Å². The highest BCUT2D eigenvalue weighted by Gasteiger charge is 2.44. The maximum Gasteiger partial charge on any atom is 0.226 e. The highest BCUT2D eigenvalue weighted by Crippen LogP contribution is 2.41. The second kappa shape index (κ2) is 8.86. The molecule has 6 atom stereocenters. The molecule has 3 aromatic heterocycles. The number of benzene rings is 1. The number of nitrogens with one attached hydrogen (secondary N) is 1. The number of ether oxygens (including phenoxy) is 1. The van der Waals surface area contributed by atoms with Crippen LogP contribution in [0.25, 0.3) is 21.4 Å². The molecular weight excluding hydrogens is 500 g/mol. The van der Waals surface area contributed by atoms with Crippen molar-refractivity contribution in [3.8, 4) is 0 Å². The number of hydrogen-bond acceptors (Lipinski definition) is 11. The average molecular weight is 521 g/mol. The number of thiazole rings is 1. The lowest BCUT2D eigenvalue weighted by Gasteiger charge is -2.36. The van der Waals surface area contributed by atoms with Gasteiger partial charge in [-0.2, -0.15) is 9.97 Å². The van der Waals surface area contributed by atoms with E-state index in [-0.39, 0.29) is 11.3 Å². The molecule has 0 unspecified atom stereocenters. The van der Waals surface area contributed by atoms with Crippen LogP contribution in [-0.4, -0.2) is 76.0 Å². The van der Waals surface area contributed by atoms with Crippen molar-refractivity contribution in [2.45, 2.75) is 53.0 Å². The van der Waals surface area contributed by atoms with Crippen molar-refractivity contribution in [3.05, 3.63) is 35.9 Å². The van der Waals surface area contributed by atoms with E-state index in [1.165, 1.54) is 15.6 Å². The maximum absolute atomic E-state index is 10.4. The number of fused-ring (bicyclic) bond motifs is 2. The van der Waals surface area contributed by atoms with Crippen molar-refractivity contribution in [1.29, 1.82) is 0 Å². The molecule has 1 saturated carbocycles. The molecule has 34 heavy (non-hydrogen) atoms. The number of rotatable bonds is 6. The largest absolute Gasteiger partial charge is 0.394 e. The summed E-state index contributed by atoms with van der Waals surface area (Å²) in [5.41, 5.74) is 1.86. The molecule has 4 aromatic rings. The van der Waals surface area contributed by atoms with Crippen LogP contribution in [0, 0.1) is 0 Å². The Balaban J connectivity index is 1.24. The smallest absolute Gasteiger partial charge is 0.226 e. The van der Waals surface area contributed by atoms with E-state index in [1.807, 2.05) is 18.2 Å². The third-order valence-corrected chi connectivity index (χ3v) is 8.94. The molecule has 1 aliphatic carbocycles. The van der Waals surface area contributed by atoms with Crippen LogP contribution in [0.4, 0.5) is 5.82 Å². The van der Waals surface area contributed by atoms with Gasteiger partial charge < -0.3 is 25.4 Å². The number of aliphatic hydroxyl groups excluding tert-OH is 3. The Hall–Kier alpha value is -2.06. The first-order valence-electron chi connectivity index (χ1n) is 10.8. The lowest BCUT2D eigenvalue weighted by Crippen LogP contribution is -2.41. The molecule has 1 saturated heterocycles. The summed E-state index contributed by atoms with van der Waals surface area (Å²) in [7, 11) is 0. The number of para-hydroxylation sites is 1. The first-order valence-corrected chi connectivity index (χ1v) is 12.9. The maximum atomic E-state index is 10.4. The van der Waals surface area contributed by atoms with Crippen molar-refractivity contribution in [1.82, 2.24) is 24.5 Å². The van der Waals surface area contributed by atoms with Crippen LogP contribution >= 0.6 is 34.7 Å². The summed E-state index contributed by atoms with van der Waals surface area (Å²) in [6.45, 7) is -0.417. The molecule has 4 N–H and O–H groups in total. The molecule has 2 aliphatic rings. The lowest BCUT2D eigenvalue weighted by atomic mass is 9.92. The van der Waals surface area contributed by atoms with Gasteiger partial charge in [0.25, 0.3) is 0 Å². The highest BCUT2D eigenvalue weighted by molar-refractivity contribution is 8.01. The Bertz CT molecular complexity index is 1320. The summed E-state index contributed by atoms with van der Waals surface area (Å²) < 4.78 is 9.35. The van der Waals surface area contributed by atoms with E-state index in [1.54, 1.807) is 23.1 Å². The number of aliphatic hydroxyl groups is 3. The van der Waals surface area contributed by atoms with Gasteiger partial charge in [-0.05, 0) is 36.6 Å². The molecule has 1 aliphatic heterocycles. The average Bonchev–Trinajstić information content (AvgIpc) is 3.50. The van der Waals surface area contributed by atoms with Crippen LogP contribution < -0.4 is 5.32 Å². The van der Waals surface area contributed by atoms with E-state index in [0.717, 1.165) is 22.7 Å². The van der Waals surface area contributed by atoms with E-state index in [4.69, 9.17) is 21.3 Å². The van der Waals surface area contributed by atoms with Gasteiger partial charge in [0.2, 0.25) is 5.28 Å². The Morgan fingerprint density at radius 3 is 2.76 bits per heavy atom. The molecule has 1 aromatic carbocycles. The molecule has 0 radical (unpaired) electrons. The minimum atomic E-state index is -1.25. The summed E-state index contributed by atoms with van der Waals surface area (Å²) in [5.74, 6) is 0.500. The van der Waals surface area contributed by atoms with Crippen molar-refractivity contribution in [3.63, 3.8) is 0 Å². The summed E-state index contributed by atoms with van der Waals surface area (Å²) >= 11 is 9.68. The van der Waals surface area contributed by atoms with Gasteiger partial charge in [0.1, 0.15) is 18.3 Å². The minimum Gasteiger partial charge on any atom is -0.394 e. The van der Waals surface area contributed by atoms with Gasteiger partial charge in [-0.15, -0.1) is 11.3 Å². The Morgan fingerprint density at radius 1 is 1.18 bits per heavy atom. The zero-order valence-electron chi connectivity index (χ0n) is 17.7. The SMILES string of the molecule is OC[C@H]1O[C@@H](n2cnc3c(N[C@H]4CC[C@H]4Sc4nc5ccccc5s4)nc(Cl)nc32)[C@H](O)[C@@H]1O. The minimum absolute atomic E-state index is 0.0261. The first kappa shape index (κ1) is 22.4. The van der Waals surface area contributed by atoms with Crippen LogP contribution in [0.3, 0.4) is 0 Å². The normalized spacial score (nSPS) is 29.1. The lowest BCUT2D eigenvalue weighted by molar-refractivity contribution is -0.0511. The van der Waals surface area contributed by atoms with Crippen LogP contribution in [0.5, 0.6) is 0 Å². The number of halogens is 1. The van der Waals surface area contributed by atoms with Crippen molar-refractivity contribution < 1.29 is 20.1 Å². The predicted octanol–water partition coefficient (Wildman–Crippen LogP) is 2.44. The number of thioether (sulfide) groups is 1. The summed E-state index contributed by atoms with van der Waals surface area (Å²) in [5, 5.41) is 33.7. The van der Waals surface area contributed by atoms with Gasteiger partial charge in [0, 0.05) is 11.3 Å². The molecule has 0 bridgehead atoms. The highest BCUT2D eigenvalue weighted by atomic mass is 35.5. The standard InChI is InChI=1S/C21H21ClN6O4S2/c22-20-26-17(14-18(27-20)28(8-23-14)19-16(31)15(30)11(7-29)32-19)24-10-5-6-13(10)34-21-25-9-3-1-2-4-12(9)33-21/h1-4,8,10-11,13,15-16,19,29-31H,5-7H2,(H,24,26,27)/t10-,11+,13+,15+,16+,19+/m0/s1. The fourth-order valence-corrected chi connectivity index (χ4v) is 7.00. The van der Waals surface area contributed by atoms with Crippen molar-refractivity contribution in [2.24, 2.45) is 0 Å². The molecule has 10 nitrogen and oxygen atoms in total. The Kier molecular flexibility index (Phi) is 5.84. The molecular formula is C21H21ClN6O4S2. The summed E-state index contributed by atoms with van der Waals surface area (Å²) in [6, 6.07) is 8.27. The number of aromatic nitrogens is 5. The predicted molar refractivity (Wildman–Crippen MR) is 129 cm³/mol. The van der Waals surface area contributed by atoms with Crippen LogP contribution in [0.2, 0.25) is 5.28 Å². The topological polar surface area (TPSA) is 138 Å². The fourth-order valence-electron chi connectivity index (χ4n) is 4.27. The van der Waals surface area contributed by atoms with E-state index in [0.29, 0.717) is 22.2 Å². The first-order chi connectivity index (χ1) is 16.5. The summed E-state index contributed by atoms with van der Waals surface area (Å²) in [4.78, 5) is 17.8. The molecule has 0 spiro atoms. The molecule has 13 heteroatoms. The van der Waals surface area contributed by atoms with Gasteiger partial charge in [-0.1, -0.05) is 23.9 Å². The third kappa shape index (κ3) is 3.83. The molecule has 178 valence electrons. The zero-order valence-corrected chi connectivity index (χ0v) is 20.0. The Labute approximate surface area is 207 Å². The second-order valence-corrected chi connectivity index (χ2v) is 11.2. The monoisotopic (exact) mass is 520 g/mol. The van der Waals surface area contributed by atoms with Gasteiger partial charge in [0.15, 0.2) is 27.5 Å². The van der Waals surface area contributed by atoms with Crippen LogP contribution in [0.15, 0.2) is 34.9 Å². The number of imidazole rings is 1. The number of anilines is 1. The quantitative estimate of drug-likeness (QED) is 0.280. The Morgan fingerprint density at radius 2 is 2.03 bits per heavy atom. The van der Waals surface area contributed by atoms with Crippen molar-refractivity contribution in [2.75, 3.05) is 11.9 Å². The van der Waals surface area contributed by atoms with E-state index in [9.17, 15) is 15.3 Å². The van der Waals surface area contributed by atoms with Crippen LogP contribution in [0.1, 0.15) is 19.1 Å². The zero-order chi connectivity index (χ0) is 23.4.